The number of anilines is 2. The van der Waals surface area contributed by atoms with E-state index in [1.807, 2.05) is 6.07 Å². The molecule has 2 heterocycles. The summed E-state index contributed by atoms with van der Waals surface area (Å²) in [6, 6.07) is 9.54. The molecule has 0 atom stereocenters. The van der Waals surface area contributed by atoms with Gasteiger partial charge in [-0.05, 0) is 30.3 Å². The molecule has 0 saturated heterocycles. The highest BCUT2D eigenvalue weighted by Crippen LogP contribution is 2.26. The number of H-pyrrole nitrogens is 1. The summed E-state index contributed by atoms with van der Waals surface area (Å²) in [5, 5.41) is 9.36. The van der Waals surface area contributed by atoms with Crippen LogP contribution in [0.25, 0.3) is 10.9 Å². The van der Waals surface area contributed by atoms with Gasteiger partial charge < -0.3 is 11.1 Å². The Kier molecular flexibility index (Phi) is 3.07. The van der Waals surface area contributed by atoms with Crippen LogP contribution in [0, 0.1) is 0 Å². The molecule has 1 aromatic carbocycles. The van der Waals surface area contributed by atoms with Gasteiger partial charge in [-0.2, -0.15) is 5.10 Å². The van der Waals surface area contributed by atoms with Gasteiger partial charge in [0.2, 0.25) is 0 Å². The maximum atomic E-state index is 12.1. The molecule has 3 rings (SSSR count). The summed E-state index contributed by atoms with van der Waals surface area (Å²) in [4.78, 5) is 27.2. The highest BCUT2D eigenvalue weighted by atomic mass is 16.2. The molecule has 0 aliphatic heterocycles. The Labute approximate surface area is 118 Å². The van der Waals surface area contributed by atoms with Gasteiger partial charge in [-0.3, -0.25) is 14.6 Å². The fraction of sp³-hybridized carbons (Fsp3) is 0. The molecular weight excluding hydrogens is 270 g/mol. The molecule has 0 unspecified atom stereocenters. The van der Waals surface area contributed by atoms with Gasteiger partial charge in [-0.15, -0.1) is 0 Å². The van der Waals surface area contributed by atoms with Gasteiger partial charge in [-0.1, -0.05) is 0 Å². The van der Waals surface area contributed by atoms with E-state index >= 15 is 0 Å². The number of amides is 1. The monoisotopic (exact) mass is 281 g/mol. The van der Waals surface area contributed by atoms with Crippen LogP contribution >= 0.6 is 0 Å². The Morgan fingerprint density at radius 1 is 1.19 bits per heavy atom. The average Bonchev–Trinajstić information content (AvgIpc) is 2.51. The standard InChI is InChI=1S/C14H11N5O2/c15-9-3-4-10(8-2-1-7-16-13(8)9)17-14(21)11-5-6-12(20)19-18-11/h1-7H,15H2,(H,17,21)(H,19,20). The summed E-state index contributed by atoms with van der Waals surface area (Å²) in [5.41, 5.74) is 7.33. The second-order valence-corrected chi connectivity index (χ2v) is 4.36. The van der Waals surface area contributed by atoms with Crippen LogP contribution in [-0.4, -0.2) is 21.1 Å². The molecule has 0 aliphatic carbocycles. The molecule has 4 N–H and O–H groups in total. The van der Waals surface area contributed by atoms with Gasteiger partial charge >= 0.3 is 0 Å². The first-order valence-corrected chi connectivity index (χ1v) is 6.15. The Morgan fingerprint density at radius 2 is 2.05 bits per heavy atom. The van der Waals surface area contributed by atoms with Crippen molar-refractivity contribution >= 4 is 28.2 Å². The second-order valence-electron chi connectivity index (χ2n) is 4.36. The lowest BCUT2D eigenvalue weighted by Crippen LogP contribution is -2.17. The van der Waals surface area contributed by atoms with Crippen molar-refractivity contribution in [1.82, 2.24) is 15.2 Å². The van der Waals surface area contributed by atoms with Gasteiger partial charge in [0, 0.05) is 17.6 Å². The minimum atomic E-state index is -0.429. The molecule has 1 amide bonds. The van der Waals surface area contributed by atoms with Crippen LogP contribution < -0.4 is 16.6 Å². The third-order valence-electron chi connectivity index (χ3n) is 2.96. The van der Waals surface area contributed by atoms with Crippen LogP contribution in [0.2, 0.25) is 0 Å². The maximum absolute atomic E-state index is 12.1. The van der Waals surface area contributed by atoms with E-state index in [9.17, 15) is 9.59 Å². The van der Waals surface area contributed by atoms with Crippen molar-refractivity contribution in [1.29, 1.82) is 0 Å². The van der Waals surface area contributed by atoms with Crippen molar-refractivity contribution in [2.75, 3.05) is 11.1 Å². The Morgan fingerprint density at radius 3 is 2.81 bits per heavy atom. The van der Waals surface area contributed by atoms with Crippen LogP contribution in [0.3, 0.4) is 0 Å². The van der Waals surface area contributed by atoms with E-state index in [1.54, 1.807) is 24.4 Å². The molecule has 0 saturated carbocycles. The summed E-state index contributed by atoms with van der Waals surface area (Å²) in [6.45, 7) is 0. The van der Waals surface area contributed by atoms with Crippen molar-refractivity contribution in [3.63, 3.8) is 0 Å². The van der Waals surface area contributed by atoms with E-state index < -0.39 is 5.91 Å². The summed E-state index contributed by atoms with van der Waals surface area (Å²) >= 11 is 0. The number of rotatable bonds is 2. The van der Waals surface area contributed by atoms with E-state index in [1.165, 1.54) is 12.1 Å². The summed E-state index contributed by atoms with van der Waals surface area (Å²) in [6.07, 6.45) is 1.63. The summed E-state index contributed by atoms with van der Waals surface area (Å²) < 4.78 is 0. The largest absolute Gasteiger partial charge is 0.397 e. The number of fused-ring (bicyclic) bond motifs is 1. The van der Waals surface area contributed by atoms with Crippen LogP contribution in [0.5, 0.6) is 0 Å². The molecular formula is C14H11N5O2. The number of nitrogens with one attached hydrogen (secondary N) is 2. The van der Waals surface area contributed by atoms with Crippen LogP contribution in [-0.2, 0) is 0 Å². The molecule has 21 heavy (non-hydrogen) atoms. The molecule has 0 fully saturated rings. The third kappa shape index (κ3) is 2.44. The Bertz CT molecular complexity index is 867. The van der Waals surface area contributed by atoms with Gasteiger partial charge in [0.25, 0.3) is 11.5 Å². The lowest BCUT2D eigenvalue weighted by Gasteiger charge is -2.09. The van der Waals surface area contributed by atoms with Gasteiger partial charge in [0.05, 0.1) is 16.9 Å². The fourth-order valence-electron chi connectivity index (χ4n) is 1.96. The van der Waals surface area contributed by atoms with E-state index in [0.29, 0.717) is 16.9 Å². The molecule has 3 aromatic rings. The summed E-state index contributed by atoms with van der Waals surface area (Å²) in [7, 11) is 0. The van der Waals surface area contributed by atoms with Crippen molar-refractivity contribution in [3.8, 4) is 0 Å². The molecule has 7 heteroatoms. The first-order chi connectivity index (χ1) is 10.1. The van der Waals surface area contributed by atoms with Crippen molar-refractivity contribution in [3.05, 3.63) is 58.6 Å². The highest BCUT2D eigenvalue weighted by Gasteiger charge is 2.11. The van der Waals surface area contributed by atoms with E-state index in [0.717, 1.165) is 5.39 Å². The van der Waals surface area contributed by atoms with Crippen molar-refractivity contribution < 1.29 is 4.79 Å². The van der Waals surface area contributed by atoms with Crippen molar-refractivity contribution in [2.45, 2.75) is 0 Å². The van der Waals surface area contributed by atoms with E-state index in [2.05, 4.69) is 20.5 Å². The predicted molar refractivity (Wildman–Crippen MR) is 79.0 cm³/mol. The summed E-state index contributed by atoms with van der Waals surface area (Å²) in [5.74, 6) is -0.429. The highest BCUT2D eigenvalue weighted by molar-refractivity contribution is 6.09. The molecule has 0 bridgehead atoms. The van der Waals surface area contributed by atoms with Gasteiger partial charge in [-0.25, -0.2) is 5.10 Å². The molecule has 0 spiro atoms. The average molecular weight is 281 g/mol. The lowest BCUT2D eigenvalue weighted by atomic mass is 10.1. The number of hydrogen-bond donors (Lipinski definition) is 3. The van der Waals surface area contributed by atoms with E-state index in [4.69, 9.17) is 5.73 Å². The van der Waals surface area contributed by atoms with Crippen LogP contribution in [0.1, 0.15) is 10.5 Å². The normalized spacial score (nSPS) is 10.5. The fourth-order valence-corrected chi connectivity index (χ4v) is 1.96. The predicted octanol–water partition coefficient (Wildman–Crippen LogP) is 1.15. The van der Waals surface area contributed by atoms with Crippen LogP contribution in [0.15, 0.2) is 47.4 Å². The SMILES string of the molecule is Nc1ccc(NC(=O)c2ccc(=O)[nH]n2)c2cccnc12. The first-order valence-electron chi connectivity index (χ1n) is 6.15. The number of aromatic amines is 1. The first kappa shape index (κ1) is 12.8. The second kappa shape index (κ2) is 5.04. The molecule has 104 valence electrons. The topological polar surface area (TPSA) is 114 Å². The minimum absolute atomic E-state index is 0.114. The Balaban J connectivity index is 1.98. The number of benzene rings is 1. The third-order valence-corrected chi connectivity index (χ3v) is 2.96. The zero-order chi connectivity index (χ0) is 14.8. The Hall–Kier alpha value is -3.22. The number of hydrogen-bond acceptors (Lipinski definition) is 5. The number of nitrogens with zero attached hydrogens (tertiary/aromatic N) is 2. The van der Waals surface area contributed by atoms with Gasteiger partial charge in [0.1, 0.15) is 5.69 Å². The van der Waals surface area contributed by atoms with Crippen LogP contribution in [0.4, 0.5) is 11.4 Å². The maximum Gasteiger partial charge on any atom is 0.276 e. The number of aromatic nitrogens is 3. The number of nitrogens with two attached hydrogens (primary N) is 1. The number of pyridine rings is 1. The zero-order valence-corrected chi connectivity index (χ0v) is 10.8. The number of nitrogen functional groups attached to an aromatic ring is 1. The van der Waals surface area contributed by atoms with Gasteiger partial charge in [0.15, 0.2) is 0 Å². The molecule has 2 aromatic heterocycles. The molecule has 7 nitrogen and oxygen atoms in total. The number of carbonyl (C=O) groups is 1. The lowest BCUT2D eigenvalue weighted by molar-refractivity contribution is 0.102. The zero-order valence-electron chi connectivity index (χ0n) is 10.8. The smallest absolute Gasteiger partial charge is 0.276 e. The molecule has 0 radical (unpaired) electrons. The quantitative estimate of drug-likeness (QED) is 0.610. The van der Waals surface area contributed by atoms with E-state index in [-0.39, 0.29) is 11.3 Å². The molecule has 0 aliphatic rings. The van der Waals surface area contributed by atoms with Crippen molar-refractivity contribution in [2.24, 2.45) is 0 Å². The minimum Gasteiger partial charge on any atom is -0.397 e. The number of carbonyl (C=O) groups excluding carboxylic acids is 1.